The zero-order valence-electron chi connectivity index (χ0n) is 11.9. The number of nitrogens with one attached hydrogen (secondary N) is 1. The summed E-state index contributed by atoms with van der Waals surface area (Å²) < 4.78 is 5.74. The van der Waals surface area contributed by atoms with Gasteiger partial charge in [-0.3, -0.25) is 9.78 Å². The molecule has 2 N–H and O–H groups in total. The van der Waals surface area contributed by atoms with Crippen LogP contribution in [0.3, 0.4) is 0 Å². The van der Waals surface area contributed by atoms with E-state index in [2.05, 4.69) is 10.3 Å². The van der Waals surface area contributed by atoms with Crippen LogP contribution in [0.5, 0.6) is 0 Å². The topological polar surface area (TPSA) is 74.7 Å². The largest absolute Gasteiger partial charge is 0.396 e. The van der Waals surface area contributed by atoms with Gasteiger partial charge in [0.25, 0.3) is 0 Å². The maximum absolute atomic E-state index is 12.4. The van der Waals surface area contributed by atoms with Gasteiger partial charge >= 0.3 is 0 Å². The number of morpholine rings is 1. The highest BCUT2D eigenvalue weighted by Gasteiger charge is 2.42. The Morgan fingerprint density at radius 3 is 3.19 bits per heavy atom. The number of nitrogens with zero attached hydrogens (tertiary/aromatic N) is 2. The van der Waals surface area contributed by atoms with Gasteiger partial charge in [0, 0.05) is 25.5 Å². The lowest BCUT2D eigenvalue weighted by molar-refractivity contribution is -0.142. The first-order valence-corrected chi connectivity index (χ1v) is 7.43. The third-order valence-corrected chi connectivity index (χ3v) is 4.32. The summed E-state index contributed by atoms with van der Waals surface area (Å²) in [5.74, 6) is 0.329. The van der Waals surface area contributed by atoms with E-state index in [9.17, 15) is 9.90 Å². The number of rotatable bonds is 4. The molecule has 6 heteroatoms. The molecule has 2 fully saturated rings. The minimum atomic E-state index is 0.0794. The van der Waals surface area contributed by atoms with E-state index in [1.54, 1.807) is 12.4 Å². The van der Waals surface area contributed by atoms with Gasteiger partial charge in [-0.2, -0.15) is 0 Å². The first-order valence-electron chi connectivity index (χ1n) is 7.43. The van der Waals surface area contributed by atoms with Crippen molar-refractivity contribution in [1.82, 2.24) is 9.88 Å². The number of ether oxygens (including phenoxy) is 1. The fourth-order valence-electron chi connectivity index (χ4n) is 3.26. The van der Waals surface area contributed by atoms with E-state index in [0.717, 1.165) is 18.5 Å². The summed E-state index contributed by atoms with van der Waals surface area (Å²) in [6.45, 7) is 1.65. The van der Waals surface area contributed by atoms with Crippen molar-refractivity contribution in [2.24, 2.45) is 5.92 Å². The summed E-state index contributed by atoms with van der Waals surface area (Å²) in [5.41, 5.74) is 0.843. The van der Waals surface area contributed by atoms with Crippen molar-refractivity contribution in [1.29, 1.82) is 0 Å². The van der Waals surface area contributed by atoms with Crippen molar-refractivity contribution in [3.8, 4) is 0 Å². The average Bonchev–Trinajstić information content (AvgIpc) is 2.96. The molecule has 1 saturated carbocycles. The second-order valence-corrected chi connectivity index (χ2v) is 5.68. The molecule has 1 saturated heterocycles. The Hall–Kier alpha value is -1.66. The minimum absolute atomic E-state index is 0.0794. The van der Waals surface area contributed by atoms with Gasteiger partial charge in [0.1, 0.15) is 0 Å². The molecule has 1 aromatic rings. The number of aliphatic hydroxyl groups is 1. The maximum atomic E-state index is 12.4. The number of carbonyl (C=O) groups excluding carboxylic acids is 1. The molecule has 3 rings (SSSR count). The highest BCUT2D eigenvalue weighted by Crippen LogP contribution is 2.33. The maximum Gasteiger partial charge on any atom is 0.242 e. The van der Waals surface area contributed by atoms with E-state index in [0.29, 0.717) is 13.2 Å². The van der Waals surface area contributed by atoms with Gasteiger partial charge in [-0.25, -0.2) is 0 Å². The smallest absolute Gasteiger partial charge is 0.242 e. The Morgan fingerprint density at radius 1 is 1.52 bits per heavy atom. The van der Waals surface area contributed by atoms with E-state index in [1.165, 1.54) is 0 Å². The Kier molecular flexibility index (Phi) is 4.36. The standard InChI is InChI=1S/C15H21N3O3/c19-10-11-6-13-14(7-11)21-5-4-18(13)15(20)9-17-12-2-1-3-16-8-12/h1-3,8,11,13-14,17,19H,4-7,9-10H2/t11-,13+,14+/m1/s1. The van der Waals surface area contributed by atoms with Crippen molar-refractivity contribution in [3.05, 3.63) is 24.5 Å². The zero-order chi connectivity index (χ0) is 14.7. The van der Waals surface area contributed by atoms with Crippen molar-refractivity contribution in [2.75, 3.05) is 31.6 Å². The van der Waals surface area contributed by atoms with Gasteiger partial charge < -0.3 is 20.1 Å². The number of amides is 1. The van der Waals surface area contributed by atoms with Gasteiger partial charge in [-0.1, -0.05) is 0 Å². The van der Waals surface area contributed by atoms with Crippen LogP contribution in [0.4, 0.5) is 5.69 Å². The molecule has 2 aliphatic rings. The summed E-state index contributed by atoms with van der Waals surface area (Å²) in [4.78, 5) is 18.4. The van der Waals surface area contributed by atoms with Gasteiger partial charge in [0.15, 0.2) is 0 Å². The number of anilines is 1. The molecule has 0 unspecified atom stereocenters. The number of aromatic nitrogens is 1. The van der Waals surface area contributed by atoms with Gasteiger partial charge in [-0.15, -0.1) is 0 Å². The third kappa shape index (κ3) is 3.16. The summed E-state index contributed by atoms with van der Waals surface area (Å²) in [5, 5.41) is 12.4. The number of carbonyl (C=O) groups is 1. The number of fused-ring (bicyclic) bond motifs is 1. The lowest BCUT2D eigenvalue weighted by atomic mass is 10.1. The highest BCUT2D eigenvalue weighted by molar-refractivity contribution is 5.81. The SMILES string of the molecule is O=C(CNc1cccnc1)N1CCO[C@H]2C[C@H](CO)C[C@@H]21. The Balaban J connectivity index is 1.59. The van der Waals surface area contributed by atoms with Crippen LogP contribution in [0.25, 0.3) is 0 Å². The fraction of sp³-hybridized carbons (Fsp3) is 0.600. The third-order valence-electron chi connectivity index (χ3n) is 4.32. The Labute approximate surface area is 124 Å². The summed E-state index contributed by atoms with van der Waals surface area (Å²) in [6.07, 6.45) is 5.17. The van der Waals surface area contributed by atoms with Crippen LogP contribution >= 0.6 is 0 Å². The second-order valence-electron chi connectivity index (χ2n) is 5.68. The van der Waals surface area contributed by atoms with Crippen LogP contribution in [-0.2, 0) is 9.53 Å². The summed E-state index contributed by atoms with van der Waals surface area (Å²) >= 11 is 0. The van der Waals surface area contributed by atoms with E-state index in [4.69, 9.17) is 4.74 Å². The van der Waals surface area contributed by atoms with E-state index in [-0.39, 0.29) is 37.1 Å². The summed E-state index contributed by atoms with van der Waals surface area (Å²) in [7, 11) is 0. The first kappa shape index (κ1) is 14.3. The quantitative estimate of drug-likeness (QED) is 0.844. The molecule has 21 heavy (non-hydrogen) atoms. The highest BCUT2D eigenvalue weighted by atomic mass is 16.5. The molecule has 1 amide bonds. The molecule has 1 aliphatic heterocycles. The predicted molar refractivity (Wildman–Crippen MR) is 77.8 cm³/mol. The molecule has 114 valence electrons. The Bertz CT molecular complexity index is 482. The van der Waals surface area contributed by atoms with E-state index < -0.39 is 0 Å². The number of pyridine rings is 1. The molecule has 1 aliphatic carbocycles. The van der Waals surface area contributed by atoms with Crippen molar-refractivity contribution >= 4 is 11.6 Å². The van der Waals surface area contributed by atoms with Crippen LogP contribution in [0.2, 0.25) is 0 Å². The van der Waals surface area contributed by atoms with Crippen molar-refractivity contribution in [3.63, 3.8) is 0 Å². The van der Waals surface area contributed by atoms with Crippen LogP contribution < -0.4 is 5.32 Å². The molecule has 2 heterocycles. The fourth-order valence-corrected chi connectivity index (χ4v) is 3.26. The Morgan fingerprint density at radius 2 is 2.43 bits per heavy atom. The molecule has 0 bridgehead atoms. The number of hydrogen-bond acceptors (Lipinski definition) is 5. The van der Waals surface area contributed by atoms with Crippen LogP contribution in [-0.4, -0.2) is 59.3 Å². The second kappa shape index (κ2) is 6.41. The van der Waals surface area contributed by atoms with Crippen LogP contribution in [0.1, 0.15) is 12.8 Å². The van der Waals surface area contributed by atoms with Crippen molar-refractivity contribution in [2.45, 2.75) is 25.0 Å². The first-order chi connectivity index (χ1) is 10.3. The molecule has 1 aromatic heterocycles. The number of hydrogen-bond donors (Lipinski definition) is 2. The predicted octanol–water partition coefficient (Wildman–Crippen LogP) is 0.492. The van der Waals surface area contributed by atoms with E-state index >= 15 is 0 Å². The molecule has 0 radical (unpaired) electrons. The zero-order valence-corrected chi connectivity index (χ0v) is 11.9. The molecule has 3 atom stereocenters. The lowest BCUT2D eigenvalue weighted by Crippen LogP contribution is -2.52. The average molecular weight is 291 g/mol. The molecular formula is C15H21N3O3. The molecule has 6 nitrogen and oxygen atoms in total. The van der Waals surface area contributed by atoms with Gasteiger partial charge in [0.2, 0.25) is 5.91 Å². The van der Waals surface area contributed by atoms with Crippen LogP contribution in [0, 0.1) is 5.92 Å². The molecule has 0 aromatic carbocycles. The van der Waals surface area contributed by atoms with E-state index in [1.807, 2.05) is 17.0 Å². The van der Waals surface area contributed by atoms with Crippen molar-refractivity contribution < 1.29 is 14.6 Å². The summed E-state index contributed by atoms with van der Waals surface area (Å²) in [6, 6.07) is 3.83. The van der Waals surface area contributed by atoms with Crippen LogP contribution in [0.15, 0.2) is 24.5 Å². The number of aliphatic hydroxyl groups excluding tert-OH is 1. The van der Waals surface area contributed by atoms with Gasteiger partial charge in [-0.05, 0) is 30.9 Å². The monoisotopic (exact) mass is 291 g/mol. The lowest BCUT2D eigenvalue weighted by Gasteiger charge is -2.37. The normalized spacial score (nSPS) is 28.2. The molecule has 0 spiro atoms. The molecular weight excluding hydrogens is 270 g/mol. The van der Waals surface area contributed by atoms with Gasteiger partial charge in [0.05, 0.1) is 31.0 Å². The minimum Gasteiger partial charge on any atom is -0.396 e.